The predicted octanol–water partition coefficient (Wildman–Crippen LogP) is 4.51. The summed E-state index contributed by atoms with van der Waals surface area (Å²) in [4.78, 5) is 25.9. The second-order valence-electron chi connectivity index (χ2n) is 7.86. The molecule has 0 fully saturated rings. The zero-order valence-electron chi connectivity index (χ0n) is 18.8. The molecule has 168 valence electrons. The van der Waals surface area contributed by atoms with Gasteiger partial charge in [0.15, 0.2) is 12.4 Å². The molecule has 0 aliphatic rings. The van der Waals surface area contributed by atoms with Gasteiger partial charge in [0.25, 0.3) is 5.91 Å². The zero-order valence-corrected chi connectivity index (χ0v) is 18.8. The molecule has 1 amide bonds. The maximum Gasteiger partial charge on any atom is 0.262 e. The lowest BCUT2D eigenvalue weighted by molar-refractivity contribution is -0.118. The minimum atomic E-state index is -0.251. The van der Waals surface area contributed by atoms with E-state index in [0.717, 1.165) is 39.0 Å². The topological polar surface area (TPSA) is 94.8 Å². The molecular weight excluding hydrogens is 428 g/mol. The fourth-order valence-electron chi connectivity index (χ4n) is 3.71. The van der Waals surface area contributed by atoms with Crippen LogP contribution in [0.5, 0.6) is 5.88 Å². The molecule has 2 aromatic heterocycles. The van der Waals surface area contributed by atoms with Gasteiger partial charge in [0.1, 0.15) is 12.7 Å². The van der Waals surface area contributed by atoms with E-state index in [1.165, 1.54) is 6.33 Å². The van der Waals surface area contributed by atoms with Gasteiger partial charge in [-0.25, -0.2) is 14.6 Å². The van der Waals surface area contributed by atoms with Gasteiger partial charge < -0.3 is 10.1 Å². The van der Waals surface area contributed by atoms with Crippen LogP contribution >= 0.6 is 0 Å². The second-order valence-corrected chi connectivity index (χ2v) is 7.86. The summed E-state index contributed by atoms with van der Waals surface area (Å²) in [6, 6.07) is 21.1. The summed E-state index contributed by atoms with van der Waals surface area (Å²) in [6.07, 6.45) is 3.12. The van der Waals surface area contributed by atoms with Crippen molar-refractivity contribution in [2.45, 2.75) is 13.8 Å². The Morgan fingerprint density at radius 2 is 1.71 bits per heavy atom. The highest BCUT2D eigenvalue weighted by Gasteiger charge is 2.14. The van der Waals surface area contributed by atoms with E-state index in [-0.39, 0.29) is 12.5 Å². The summed E-state index contributed by atoms with van der Waals surface area (Å²) < 4.78 is 7.57. The lowest BCUT2D eigenvalue weighted by atomic mass is 10.1. The van der Waals surface area contributed by atoms with Gasteiger partial charge in [0.2, 0.25) is 5.88 Å². The van der Waals surface area contributed by atoms with E-state index in [4.69, 9.17) is 9.72 Å². The summed E-state index contributed by atoms with van der Waals surface area (Å²) in [5.41, 5.74) is 5.23. The van der Waals surface area contributed by atoms with Crippen LogP contribution in [0.15, 0.2) is 79.4 Å². The minimum absolute atomic E-state index is 0.167. The number of rotatable bonds is 6. The molecule has 0 atom stereocenters. The number of anilines is 1. The molecule has 5 rings (SSSR count). The van der Waals surface area contributed by atoms with E-state index < -0.39 is 0 Å². The third-order valence-electron chi connectivity index (χ3n) is 5.46. The second kappa shape index (κ2) is 9.11. The molecule has 0 bridgehead atoms. The van der Waals surface area contributed by atoms with Gasteiger partial charge in [-0.15, -0.1) is 0 Å². The lowest BCUT2D eigenvalue weighted by Crippen LogP contribution is -2.21. The van der Waals surface area contributed by atoms with Crippen LogP contribution in [0.2, 0.25) is 0 Å². The molecule has 5 aromatic rings. The van der Waals surface area contributed by atoms with Crippen molar-refractivity contribution in [3.05, 3.63) is 90.5 Å². The maximum atomic E-state index is 12.6. The molecule has 8 nitrogen and oxygen atoms in total. The highest BCUT2D eigenvalue weighted by atomic mass is 16.5. The van der Waals surface area contributed by atoms with Crippen LogP contribution in [0.3, 0.4) is 0 Å². The van der Waals surface area contributed by atoms with Crippen LogP contribution < -0.4 is 10.1 Å². The van der Waals surface area contributed by atoms with E-state index in [9.17, 15) is 4.79 Å². The first-order chi connectivity index (χ1) is 16.6. The molecule has 8 heteroatoms. The highest BCUT2D eigenvalue weighted by Crippen LogP contribution is 2.27. The van der Waals surface area contributed by atoms with E-state index in [2.05, 4.69) is 20.4 Å². The first-order valence-corrected chi connectivity index (χ1v) is 10.8. The van der Waals surface area contributed by atoms with Crippen LogP contribution in [-0.4, -0.2) is 37.2 Å². The van der Waals surface area contributed by atoms with Crippen LogP contribution in [0.1, 0.15) is 11.1 Å². The molecule has 0 saturated heterocycles. The third kappa shape index (κ3) is 4.33. The normalized spacial score (nSPS) is 10.9. The summed E-state index contributed by atoms with van der Waals surface area (Å²) in [7, 11) is 0. The number of ether oxygens (including phenoxy) is 1. The van der Waals surface area contributed by atoms with E-state index in [1.807, 2.05) is 80.6 Å². The van der Waals surface area contributed by atoms with Gasteiger partial charge in [-0.2, -0.15) is 10.1 Å². The first-order valence-electron chi connectivity index (χ1n) is 10.8. The number of benzene rings is 3. The molecule has 2 heterocycles. The number of aryl methyl sites for hydroxylation is 2. The molecule has 1 N–H and O–H groups in total. The van der Waals surface area contributed by atoms with E-state index >= 15 is 0 Å². The van der Waals surface area contributed by atoms with Gasteiger partial charge >= 0.3 is 0 Å². The van der Waals surface area contributed by atoms with Crippen molar-refractivity contribution < 1.29 is 9.53 Å². The van der Waals surface area contributed by atoms with Gasteiger partial charge in [0, 0.05) is 11.3 Å². The zero-order chi connectivity index (χ0) is 23.5. The van der Waals surface area contributed by atoms with Gasteiger partial charge in [-0.05, 0) is 61.4 Å². The van der Waals surface area contributed by atoms with Crippen molar-refractivity contribution >= 4 is 22.5 Å². The van der Waals surface area contributed by atoms with Crippen LogP contribution in [0, 0.1) is 13.8 Å². The summed E-state index contributed by atoms with van der Waals surface area (Å²) >= 11 is 0. The largest absolute Gasteiger partial charge is 0.467 e. The number of hydrogen-bond donors (Lipinski definition) is 1. The molecule has 0 aliphatic heterocycles. The fourth-order valence-corrected chi connectivity index (χ4v) is 3.71. The molecule has 0 spiro atoms. The Morgan fingerprint density at radius 1 is 0.941 bits per heavy atom. The smallest absolute Gasteiger partial charge is 0.262 e. The molecule has 3 aromatic carbocycles. The molecule has 0 radical (unpaired) electrons. The average Bonchev–Trinajstić information content (AvgIpc) is 3.40. The Bertz CT molecular complexity index is 1440. The first kappa shape index (κ1) is 21.3. The number of aromatic nitrogens is 5. The van der Waals surface area contributed by atoms with Crippen molar-refractivity contribution in [3.8, 4) is 23.0 Å². The Balaban J connectivity index is 1.40. The van der Waals surface area contributed by atoms with Gasteiger partial charge in [-0.3, -0.25) is 4.79 Å². The standard InChI is InChI=1S/C26H22N6O2/c1-17-6-5-7-18(2)24(17)30-23(33)14-34-26-21-8-3-4-9-22(21)29-25(31-26)19-10-12-20(13-11-19)32-16-27-15-28-32/h3-13,15-16H,14H2,1-2H3,(H,30,33). The van der Waals surface area contributed by atoms with E-state index in [0.29, 0.717) is 11.7 Å². The third-order valence-corrected chi connectivity index (χ3v) is 5.46. The number of para-hydroxylation sites is 2. The Hall–Kier alpha value is -4.59. The predicted molar refractivity (Wildman–Crippen MR) is 130 cm³/mol. The lowest BCUT2D eigenvalue weighted by Gasteiger charge is -2.13. The van der Waals surface area contributed by atoms with Gasteiger partial charge in [0.05, 0.1) is 16.6 Å². The fraction of sp³-hybridized carbons (Fsp3) is 0.115. The Labute approximate surface area is 196 Å². The van der Waals surface area contributed by atoms with E-state index in [1.54, 1.807) is 11.0 Å². The number of fused-ring (bicyclic) bond motifs is 1. The van der Waals surface area contributed by atoms with Crippen LogP contribution in [0.25, 0.3) is 28.0 Å². The van der Waals surface area contributed by atoms with Crippen molar-refractivity contribution in [2.75, 3.05) is 11.9 Å². The minimum Gasteiger partial charge on any atom is -0.467 e. The quantitative estimate of drug-likeness (QED) is 0.409. The Kier molecular flexibility index (Phi) is 5.70. The summed E-state index contributed by atoms with van der Waals surface area (Å²) in [5, 5.41) is 7.82. The Morgan fingerprint density at radius 3 is 2.44 bits per heavy atom. The number of hydrogen-bond acceptors (Lipinski definition) is 6. The monoisotopic (exact) mass is 450 g/mol. The average molecular weight is 451 g/mol. The van der Waals surface area contributed by atoms with Crippen molar-refractivity contribution in [3.63, 3.8) is 0 Å². The number of carbonyl (C=O) groups is 1. The SMILES string of the molecule is Cc1cccc(C)c1NC(=O)COc1nc(-c2ccc(-n3cncn3)cc2)nc2ccccc12. The number of amides is 1. The summed E-state index contributed by atoms with van der Waals surface area (Å²) in [5.74, 6) is 0.616. The molecule has 0 unspecified atom stereocenters. The van der Waals surface area contributed by atoms with Crippen LogP contribution in [-0.2, 0) is 4.79 Å². The highest BCUT2D eigenvalue weighted by molar-refractivity contribution is 5.94. The molecule has 34 heavy (non-hydrogen) atoms. The van der Waals surface area contributed by atoms with Crippen LogP contribution in [0.4, 0.5) is 5.69 Å². The molecule has 0 aliphatic carbocycles. The maximum absolute atomic E-state index is 12.6. The van der Waals surface area contributed by atoms with Gasteiger partial charge in [-0.1, -0.05) is 30.3 Å². The number of carbonyl (C=O) groups excluding carboxylic acids is 1. The van der Waals surface area contributed by atoms with Crippen molar-refractivity contribution in [1.82, 2.24) is 24.7 Å². The molecule has 0 saturated carbocycles. The van der Waals surface area contributed by atoms with Crippen molar-refractivity contribution in [2.24, 2.45) is 0 Å². The number of nitrogens with zero attached hydrogens (tertiary/aromatic N) is 5. The summed E-state index contributed by atoms with van der Waals surface area (Å²) in [6.45, 7) is 3.75. The van der Waals surface area contributed by atoms with Crippen molar-refractivity contribution in [1.29, 1.82) is 0 Å². The molecular formula is C26H22N6O2. The number of nitrogens with one attached hydrogen (secondary N) is 1.